The molecule has 5 rings (SSSR count). The number of likely N-dealkylation sites (tertiary alicyclic amines) is 1. The molecule has 2 aliphatic heterocycles. The van der Waals surface area contributed by atoms with Gasteiger partial charge in [0.25, 0.3) is 5.91 Å². The van der Waals surface area contributed by atoms with Crippen molar-refractivity contribution >= 4 is 40.8 Å². The van der Waals surface area contributed by atoms with E-state index in [-0.39, 0.29) is 24.9 Å². The quantitative estimate of drug-likeness (QED) is 0.439. The number of ether oxygens (including phenoxy) is 1. The van der Waals surface area contributed by atoms with Gasteiger partial charge in [0.05, 0.1) is 17.2 Å². The summed E-state index contributed by atoms with van der Waals surface area (Å²) < 4.78 is 5.82. The third kappa shape index (κ3) is 4.33. The summed E-state index contributed by atoms with van der Waals surface area (Å²) in [6.07, 6.45) is 3.08. The van der Waals surface area contributed by atoms with E-state index in [1.807, 2.05) is 6.07 Å². The number of aliphatic hydroxyl groups excluding tert-OH is 1. The number of nitrogens with one attached hydrogen (secondary N) is 2. The van der Waals surface area contributed by atoms with Crippen molar-refractivity contribution in [3.63, 3.8) is 0 Å². The lowest BCUT2D eigenvalue weighted by Crippen LogP contribution is -2.18. The number of carbonyl (C=O) groups is 1. The summed E-state index contributed by atoms with van der Waals surface area (Å²) in [5.74, 6) is 0.413. The number of aromatic nitrogens is 1. The number of nitrogens with zero attached hydrogens (tertiary/aromatic N) is 1. The van der Waals surface area contributed by atoms with Gasteiger partial charge in [-0.15, -0.1) is 12.4 Å². The van der Waals surface area contributed by atoms with Crippen molar-refractivity contribution in [3.8, 4) is 17.0 Å². The van der Waals surface area contributed by atoms with Crippen molar-refractivity contribution in [1.29, 1.82) is 0 Å². The Kier molecular flexibility index (Phi) is 6.96. The molecule has 2 aromatic carbocycles. The van der Waals surface area contributed by atoms with Crippen LogP contribution in [0.15, 0.2) is 30.3 Å². The van der Waals surface area contributed by atoms with E-state index in [0.29, 0.717) is 35.9 Å². The maximum atomic E-state index is 12.6. The Hall–Kier alpha value is -2.25. The van der Waals surface area contributed by atoms with E-state index in [0.717, 1.165) is 34.3 Å². The number of aromatic amines is 1. The van der Waals surface area contributed by atoms with Gasteiger partial charge in [-0.1, -0.05) is 17.7 Å². The van der Waals surface area contributed by atoms with Crippen molar-refractivity contribution in [2.24, 2.45) is 0 Å². The van der Waals surface area contributed by atoms with E-state index in [9.17, 15) is 4.79 Å². The van der Waals surface area contributed by atoms with Crippen molar-refractivity contribution in [2.75, 3.05) is 26.3 Å². The number of rotatable bonds is 7. The fraction of sp³-hybridized carbons (Fsp3) is 0.375. The maximum absolute atomic E-state index is 12.6. The number of hydrogen-bond acceptors (Lipinski definition) is 4. The molecule has 1 amide bonds. The normalized spacial score (nSPS) is 15.6. The fourth-order valence-electron chi connectivity index (χ4n) is 4.56. The molecule has 0 bridgehead atoms. The SMILES string of the molecule is Cl.O=C1NCc2c(Cl)c(OCCCO)cc(-c3cc4cc(CN5CCCC5)ccc4[nH]3)c21. The molecule has 3 aromatic rings. The monoisotopic (exact) mass is 475 g/mol. The molecule has 0 saturated carbocycles. The smallest absolute Gasteiger partial charge is 0.252 e. The predicted molar refractivity (Wildman–Crippen MR) is 129 cm³/mol. The number of aliphatic hydroxyl groups is 1. The van der Waals surface area contributed by atoms with Crippen LogP contribution in [0.25, 0.3) is 22.2 Å². The first-order chi connectivity index (χ1) is 15.1. The highest BCUT2D eigenvalue weighted by Crippen LogP contribution is 2.40. The first kappa shape index (κ1) is 22.9. The molecule has 0 aliphatic carbocycles. The summed E-state index contributed by atoms with van der Waals surface area (Å²) in [4.78, 5) is 18.5. The van der Waals surface area contributed by atoms with Gasteiger partial charge in [-0.05, 0) is 55.8 Å². The molecule has 0 unspecified atom stereocenters. The zero-order valence-corrected chi connectivity index (χ0v) is 19.3. The summed E-state index contributed by atoms with van der Waals surface area (Å²) in [6.45, 7) is 4.11. The Labute approximate surface area is 198 Å². The number of H-pyrrole nitrogens is 1. The second kappa shape index (κ2) is 9.71. The Balaban J connectivity index is 0.00000245. The molecule has 6 nitrogen and oxygen atoms in total. The minimum Gasteiger partial charge on any atom is -0.492 e. The van der Waals surface area contributed by atoms with Crippen molar-refractivity contribution in [1.82, 2.24) is 15.2 Å². The van der Waals surface area contributed by atoms with E-state index >= 15 is 0 Å². The van der Waals surface area contributed by atoms with Gasteiger partial charge in [0.2, 0.25) is 0 Å². The Morgan fingerprint density at radius 1 is 1.16 bits per heavy atom. The van der Waals surface area contributed by atoms with Crippen LogP contribution in [0.2, 0.25) is 5.02 Å². The van der Waals surface area contributed by atoms with Crippen LogP contribution < -0.4 is 10.1 Å². The van der Waals surface area contributed by atoms with Gasteiger partial charge in [0.1, 0.15) is 5.75 Å². The first-order valence-corrected chi connectivity index (χ1v) is 11.2. The highest BCUT2D eigenvalue weighted by molar-refractivity contribution is 6.34. The molecule has 2 aliphatic rings. The highest BCUT2D eigenvalue weighted by Gasteiger charge is 2.29. The molecule has 1 fully saturated rings. The topological polar surface area (TPSA) is 77.6 Å². The molecule has 0 spiro atoms. The van der Waals surface area contributed by atoms with Gasteiger partial charge in [0, 0.05) is 53.8 Å². The number of fused-ring (bicyclic) bond motifs is 2. The Morgan fingerprint density at radius 3 is 2.75 bits per heavy atom. The molecule has 170 valence electrons. The van der Waals surface area contributed by atoms with Gasteiger partial charge >= 0.3 is 0 Å². The van der Waals surface area contributed by atoms with E-state index in [1.165, 1.54) is 31.5 Å². The van der Waals surface area contributed by atoms with Crippen LogP contribution in [0.4, 0.5) is 0 Å². The van der Waals surface area contributed by atoms with Crippen LogP contribution >= 0.6 is 24.0 Å². The van der Waals surface area contributed by atoms with Crippen molar-refractivity contribution < 1.29 is 14.6 Å². The summed E-state index contributed by atoms with van der Waals surface area (Å²) in [6, 6.07) is 10.4. The van der Waals surface area contributed by atoms with Crippen LogP contribution in [-0.2, 0) is 13.1 Å². The molecule has 3 heterocycles. The number of amides is 1. The lowest BCUT2D eigenvalue weighted by atomic mass is 9.99. The fourth-order valence-corrected chi connectivity index (χ4v) is 4.83. The Bertz CT molecular complexity index is 1140. The molecule has 0 atom stereocenters. The number of benzene rings is 2. The number of hydrogen-bond donors (Lipinski definition) is 3. The largest absolute Gasteiger partial charge is 0.492 e. The summed E-state index contributed by atoms with van der Waals surface area (Å²) >= 11 is 6.54. The molecule has 1 aromatic heterocycles. The number of carbonyl (C=O) groups excluding carboxylic acids is 1. The van der Waals surface area contributed by atoms with E-state index < -0.39 is 0 Å². The standard InChI is InChI=1S/C24H26ClN3O3.ClH/c25-23-18-13-26-24(30)22(18)17(12-21(23)31-9-3-8-29)20-11-16-10-15(4-5-19(16)27-20)14-28-6-1-2-7-28;/h4-5,10-12,27,29H,1-3,6-9,13-14H2,(H,26,30);1H. The van der Waals surface area contributed by atoms with Gasteiger partial charge in [-0.3, -0.25) is 9.69 Å². The second-order valence-corrected chi connectivity index (χ2v) is 8.66. The maximum Gasteiger partial charge on any atom is 0.252 e. The van der Waals surface area contributed by atoms with E-state index in [2.05, 4.69) is 39.5 Å². The molecule has 8 heteroatoms. The minimum atomic E-state index is -0.123. The van der Waals surface area contributed by atoms with Gasteiger partial charge < -0.3 is 20.1 Å². The molecule has 0 radical (unpaired) electrons. The van der Waals surface area contributed by atoms with Crippen LogP contribution in [0.3, 0.4) is 0 Å². The third-order valence-corrected chi connectivity index (χ3v) is 6.54. The average Bonchev–Trinajstić information content (AvgIpc) is 3.50. The molecular weight excluding hydrogens is 449 g/mol. The molecule has 1 saturated heterocycles. The van der Waals surface area contributed by atoms with Crippen LogP contribution in [-0.4, -0.2) is 47.2 Å². The van der Waals surface area contributed by atoms with Crippen LogP contribution in [0, 0.1) is 0 Å². The minimum absolute atomic E-state index is 0. The lowest BCUT2D eigenvalue weighted by molar-refractivity contribution is 0.0966. The van der Waals surface area contributed by atoms with Crippen molar-refractivity contribution in [2.45, 2.75) is 32.4 Å². The van der Waals surface area contributed by atoms with Crippen molar-refractivity contribution in [3.05, 3.63) is 52.0 Å². The third-order valence-electron chi connectivity index (χ3n) is 6.12. The zero-order chi connectivity index (χ0) is 21.4. The first-order valence-electron chi connectivity index (χ1n) is 10.9. The average molecular weight is 476 g/mol. The van der Waals surface area contributed by atoms with Crippen LogP contribution in [0.5, 0.6) is 5.75 Å². The van der Waals surface area contributed by atoms with E-state index in [1.54, 1.807) is 0 Å². The van der Waals surface area contributed by atoms with Crippen LogP contribution in [0.1, 0.15) is 40.7 Å². The van der Waals surface area contributed by atoms with Gasteiger partial charge in [0.15, 0.2) is 0 Å². The Morgan fingerprint density at radius 2 is 1.97 bits per heavy atom. The molecule has 32 heavy (non-hydrogen) atoms. The zero-order valence-electron chi connectivity index (χ0n) is 17.7. The molecular formula is C24H27Cl2N3O3. The summed E-state index contributed by atoms with van der Waals surface area (Å²) in [5.41, 5.74) is 5.34. The summed E-state index contributed by atoms with van der Waals surface area (Å²) in [7, 11) is 0. The van der Waals surface area contributed by atoms with Gasteiger partial charge in [-0.2, -0.15) is 0 Å². The number of halogens is 2. The van der Waals surface area contributed by atoms with E-state index in [4.69, 9.17) is 21.4 Å². The second-order valence-electron chi connectivity index (χ2n) is 8.29. The lowest BCUT2D eigenvalue weighted by Gasteiger charge is -2.14. The predicted octanol–water partition coefficient (Wildman–Crippen LogP) is 4.51. The molecule has 3 N–H and O–H groups in total. The van der Waals surface area contributed by atoms with Gasteiger partial charge in [-0.25, -0.2) is 0 Å². The highest BCUT2D eigenvalue weighted by atomic mass is 35.5. The summed E-state index contributed by atoms with van der Waals surface area (Å²) in [5, 5.41) is 13.5.